The van der Waals surface area contributed by atoms with Crippen molar-refractivity contribution in [2.24, 2.45) is 5.92 Å². The molecule has 2 aliphatic heterocycles. The molecule has 1 saturated carbocycles. The second-order valence-corrected chi connectivity index (χ2v) is 21.8. The lowest BCUT2D eigenvalue weighted by Gasteiger charge is -2.28. The van der Waals surface area contributed by atoms with E-state index in [4.69, 9.17) is 11.6 Å². The number of benzene rings is 2. The molecule has 0 radical (unpaired) electrons. The summed E-state index contributed by atoms with van der Waals surface area (Å²) >= 11 is 5.78. The number of rotatable bonds is 9. The molecule has 2 heterocycles. The van der Waals surface area contributed by atoms with Gasteiger partial charge in [-0.05, 0) is 73.8 Å². The number of sulfone groups is 4. The molecule has 10 nitrogen and oxygen atoms in total. The van der Waals surface area contributed by atoms with E-state index in [9.17, 15) is 38.1 Å². The van der Waals surface area contributed by atoms with Gasteiger partial charge in [0.2, 0.25) is 0 Å². The van der Waals surface area contributed by atoms with Crippen LogP contribution in [0.5, 0.6) is 0 Å². The number of nitrogens with one attached hydrogen (secondary N) is 2. The molecule has 0 aromatic heterocycles. The van der Waals surface area contributed by atoms with Crippen molar-refractivity contribution in [3.63, 3.8) is 0 Å². The first-order chi connectivity index (χ1) is 21.4. The van der Waals surface area contributed by atoms with E-state index in [2.05, 4.69) is 10.6 Å². The molecule has 46 heavy (non-hydrogen) atoms. The van der Waals surface area contributed by atoms with E-state index in [0.717, 1.165) is 37.8 Å². The summed E-state index contributed by atoms with van der Waals surface area (Å²) in [5.41, 5.74) is 0. The Bertz CT molecular complexity index is 1780. The van der Waals surface area contributed by atoms with Crippen LogP contribution in [-0.4, -0.2) is 91.9 Å². The first-order valence-electron chi connectivity index (χ1n) is 15.3. The molecule has 16 heteroatoms. The summed E-state index contributed by atoms with van der Waals surface area (Å²) in [6.45, 7) is 4.55. The molecular formula is C30H42ClFN2O8S4. The molecule has 1 aliphatic carbocycles. The van der Waals surface area contributed by atoms with Gasteiger partial charge in [-0.3, -0.25) is 0 Å². The van der Waals surface area contributed by atoms with Gasteiger partial charge in [0.15, 0.2) is 39.3 Å². The molecule has 2 N–H and O–H groups in total. The third-order valence-corrected chi connectivity index (χ3v) is 17.1. The Morgan fingerprint density at radius 2 is 1.20 bits per heavy atom. The van der Waals surface area contributed by atoms with Gasteiger partial charge in [0.05, 0.1) is 43.3 Å². The third-order valence-electron chi connectivity index (χ3n) is 8.53. The second-order valence-electron chi connectivity index (χ2n) is 12.7. The standard InChI is InChI=1S/C16H22FNO4S2.C14H20ClNO4S2/c17-12-6-8-14(9-7-12)24(21,22)16-11-23(19,20)10-15(16)18-13-4-2-1-3-5-13;1-10(2)7-16-13-8-21(17,18)9-14(13)22(19,20)12-5-3-11(15)4-6-12/h6-9,13,15-16,18H,1-5,10-11H2;3-6,10,13-14,16H,7-9H2,1-2H3/t15-,16-;13-,14-/m00/s1. The van der Waals surface area contributed by atoms with Crippen molar-refractivity contribution in [1.29, 1.82) is 0 Å². The second kappa shape index (κ2) is 14.9. The Morgan fingerprint density at radius 1 is 0.739 bits per heavy atom. The lowest BCUT2D eigenvalue weighted by molar-refractivity contribution is 0.345. The number of halogens is 2. The van der Waals surface area contributed by atoms with Crippen LogP contribution < -0.4 is 10.6 Å². The third kappa shape index (κ3) is 9.50. The van der Waals surface area contributed by atoms with Gasteiger partial charge < -0.3 is 10.6 Å². The highest BCUT2D eigenvalue weighted by atomic mass is 35.5. The summed E-state index contributed by atoms with van der Waals surface area (Å²) in [5.74, 6) is -1.23. The van der Waals surface area contributed by atoms with E-state index in [1.54, 1.807) is 0 Å². The van der Waals surface area contributed by atoms with Gasteiger partial charge in [0, 0.05) is 23.1 Å². The van der Waals surface area contributed by atoms with Crippen molar-refractivity contribution in [3.05, 3.63) is 59.4 Å². The molecule has 0 spiro atoms. The first-order valence-corrected chi connectivity index (χ1v) is 22.4. The fourth-order valence-corrected chi connectivity index (χ4v) is 15.7. The minimum atomic E-state index is -3.83. The lowest BCUT2D eigenvalue weighted by Crippen LogP contribution is -2.48. The van der Waals surface area contributed by atoms with E-state index < -0.39 is 67.7 Å². The SMILES string of the molecule is CC(C)CN[C@H]1CS(=O)(=O)C[C@@H]1S(=O)(=O)c1ccc(Cl)cc1.O=S1(=O)C[C@H](NC2CCCCC2)[C@@H](S(=O)(=O)c2ccc(F)cc2)C1. The van der Waals surface area contributed by atoms with Crippen molar-refractivity contribution in [1.82, 2.24) is 10.6 Å². The summed E-state index contributed by atoms with van der Waals surface area (Å²) in [6, 6.07) is 9.39. The molecule has 2 aromatic rings. The average Bonchev–Trinajstić information content (AvgIpc) is 3.48. The first kappa shape index (κ1) is 37.2. The van der Waals surface area contributed by atoms with Crippen LogP contribution in [0.3, 0.4) is 0 Å². The van der Waals surface area contributed by atoms with E-state index >= 15 is 0 Å². The molecule has 3 aliphatic rings. The molecule has 0 unspecified atom stereocenters. The minimum Gasteiger partial charge on any atom is -0.311 e. The molecule has 4 atom stereocenters. The average molecular weight is 741 g/mol. The van der Waals surface area contributed by atoms with Crippen LogP contribution in [0, 0.1) is 11.7 Å². The van der Waals surface area contributed by atoms with Gasteiger partial charge >= 0.3 is 0 Å². The van der Waals surface area contributed by atoms with Crippen LogP contribution in [-0.2, 0) is 39.3 Å². The topological polar surface area (TPSA) is 161 Å². The molecular weight excluding hydrogens is 699 g/mol. The van der Waals surface area contributed by atoms with Crippen LogP contribution in [0.4, 0.5) is 4.39 Å². The Balaban J connectivity index is 0.000000210. The molecule has 3 fully saturated rings. The molecule has 5 rings (SSSR count). The zero-order valence-corrected chi connectivity index (χ0v) is 29.8. The summed E-state index contributed by atoms with van der Waals surface area (Å²) in [5, 5.41) is 4.83. The van der Waals surface area contributed by atoms with Gasteiger partial charge in [-0.15, -0.1) is 0 Å². The zero-order chi connectivity index (χ0) is 33.9. The molecule has 2 saturated heterocycles. The van der Waals surface area contributed by atoms with Gasteiger partial charge in [-0.1, -0.05) is 44.7 Å². The van der Waals surface area contributed by atoms with Crippen LogP contribution in [0.2, 0.25) is 5.02 Å². The number of hydrogen-bond acceptors (Lipinski definition) is 10. The monoisotopic (exact) mass is 740 g/mol. The van der Waals surface area contributed by atoms with E-state index in [0.29, 0.717) is 17.5 Å². The lowest BCUT2D eigenvalue weighted by atomic mass is 9.95. The molecule has 0 bridgehead atoms. The van der Waals surface area contributed by atoms with Gasteiger partial charge in [-0.2, -0.15) is 0 Å². The summed E-state index contributed by atoms with van der Waals surface area (Å²) in [7, 11) is -14.3. The normalized spacial score (nSPS) is 26.5. The zero-order valence-electron chi connectivity index (χ0n) is 25.8. The molecule has 258 valence electrons. The van der Waals surface area contributed by atoms with Crippen LogP contribution in [0.25, 0.3) is 0 Å². The van der Waals surface area contributed by atoms with Gasteiger partial charge in [0.25, 0.3) is 0 Å². The Hall–Kier alpha value is -1.62. The van der Waals surface area contributed by atoms with Crippen molar-refractivity contribution in [2.75, 3.05) is 29.6 Å². The maximum atomic E-state index is 13.1. The quantitative estimate of drug-likeness (QED) is 0.366. The highest BCUT2D eigenvalue weighted by Gasteiger charge is 2.47. The Labute approximate surface area is 277 Å². The van der Waals surface area contributed by atoms with E-state index in [-0.39, 0.29) is 38.8 Å². The largest absolute Gasteiger partial charge is 0.311 e. The fraction of sp³-hybridized carbons (Fsp3) is 0.600. The van der Waals surface area contributed by atoms with E-state index in [1.165, 1.54) is 42.8 Å². The van der Waals surface area contributed by atoms with E-state index in [1.807, 2.05) is 13.8 Å². The summed E-state index contributed by atoms with van der Waals surface area (Å²) in [6.07, 6.45) is 5.21. The van der Waals surface area contributed by atoms with Crippen LogP contribution >= 0.6 is 11.6 Å². The van der Waals surface area contributed by atoms with Crippen molar-refractivity contribution in [2.45, 2.75) is 84.4 Å². The van der Waals surface area contributed by atoms with Crippen LogP contribution in [0.1, 0.15) is 46.0 Å². The highest BCUT2D eigenvalue weighted by Crippen LogP contribution is 2.29. The maximum Gasteiger partial charge on any atom is 0.183 e. The smallest absolute Gasteiger partial charge is 0.183 e. The number of hydrogen-bond donors (Lipinski definition) is 2. The van der Waals surface area contributed by atoms with Gasteiger partial charge in [0.1, 0.15) is 5.82 Å². The fourth-order valence-electron chi connectivity index (χ4n) is 6.15. The van der Waals surface area contributed by atoms with Crippen molar-refractivity contribution >= 4 is 50.9 Å². The van der Waals surface area contributed by atoms with Crippen molar-refractivity contribution < 1.29 is 38.1 Å². The van der Waals surface area contributed by atoms with Gasteiger partial charge in [-0.25, -0.2) is 38.1 Å². The molecule has 0 amide bonds. The Morgan fingerprint density at radius 3 is 1.70 bits per heavy atom. The summed E-state index contributed by atoms with van der Waals surface area (Å²) in [4.78, 5) is 0.0804. The molecule has 2 aromatic carbocycles. The summed E-state index contributed by atoms with van der Waals surface area (Å²) < 4.78 is 112. The van der Waals surface area contributed by atoms with Crippen molar-refractivity contribution in [3.8, 4) is 0 Å². The maximum absolute atomic E-state index is 13.1. The highest BCUT2D eigenvalue weighted by molar-refractivity contribution is 7.97. The predicted octanol–water partition coefficient (Wildman–Crippen LogP) is 3.21. The minimum absolute atomic E-state index is 0.0264. The predicted molar refractivity (Wildman–Crippen MR) is 178 cm³/mol. The van der Waals surface area contributed by atoms with Crippen LogP contribution in [0.15, 0.2) is 58.3 Å². The Kier molecular flexibility index (Phi) is 12.0.